The summed E-state index contributed by atoms with van der Waals surface area (Å²) in [6.45, 7) is 4.31. The molecular formula is C14H20N2O2S2. The van der Waals surface area contributed by atoms with Crippen molar-refractivity contribution in [1.82, 2.24) is 9.62 Å². The van der Waals surface area contributed by atoms with Crippen molar-refractivity contribution in [3.05, 3.63) is 29.1 Å². The molecule has 0 fully saturated rings. The van der Waals surface area contributed by atoms with Gasteiger partial charge in [0.1, 0.15) is 4.90 Å². The predicted molar refractivity (Wildman–Crippen MR) is 84.7 cm³/mol. The van der Waals surface area contributed by atoms with Crippen LogP contribution in [0.15, 0.2) is 29.2 Å². The van der Waals surface area contributed by atoms with Crippen LogP contribution in [0.3, 0.4) is 0 Å². The smallest absolute Gasteiger partial charge is 0.244 e. The largest absolute Gasteiger partial charge is 0.315 e. The van der Waals surface area contributed by atoms with E-state index in [9.17, 15) is 8.42 Å². The highest BCUT2D eigenvalue weighted by Gasteiger charge is 2.29. The second-order valence-electron chi connectivity index (χ2n) is 5.00. The lowest BCUT2D eigenvalue weighted by Crippen LogP contribution is -2.33. The predicted octanol–water partition coefficient (Wildman–Crippen LogP) is 2.65. The molecule has 6 heteroatoms. The molecule has 0 aliphatic rings. The topological polar surface area (TPSA) is 49.4 Å². The van der Waals surface area contributed by atoms with Gasteiger partial charge in [-0.3, -0.25) is 0 Å². The summed E-state index contributed by atoms with van der Waals surface area (Å²) in [7, 11) is -0.00975. The van der Waals surface area contributed by atoms with Gasteiger partial charge in [-0.1, -0.05) is 18.2 Å². The lowest BCUT2D eigenvalue weighted by molar-refractivity contribution is 0.411. The normalized spacial score (nSPS) is 12.7. The molecule has 0 aliphatic heterocycles. The third-order valence-corrected chi connectivity index (χ3v) is 6.78. The third kappa shape index (κ3) is 2.61. The summed E-state index contributed by atoms with van der Waals surface area (Å²) in [5.74, 6) is 0. The molecule has 0 atom stereocenters. The first kappa shape index (κ1) is 15.4. The van der Waals surface area contributed by atoms with Crippen molar-refractivity contribution in [3.63, 3.8) is 0 Å². The second-order valence-corrected chi connectivity index (χ2v) is 8.07. The molecule has 0 radical (unpaired) electrons. The molecule has 1 aromatic carbocycles. The Balaban J connectivity index is 2.71. The van der Waals surface area contributed by atoms with Gasteiger partial charge < -0.3 is 5.32 Å². The second kappa shape index (κ2) is 5.81. The quantitative estimate of drug-likeness (QED) is 0.923. The van der Waals surface area contributed by atoms with Gasteiger partial charge >= 0.3 is 0 Å². The zero-order valence-corrected chi connectivity index (χ0v) is 13.8. The fourth-order valence-electron chi connectivity index (χ4n) is 2.05. The maximum Gasteiger partial charge on any atom is 0.244 e. The lowest BCUT2D eigenvalue weighted by Gasteiger charge is -2.21. The Kier molecular flexibility index (Phi) is 4.49. The van der Waals surface area contributed by atoms with Crippen molar-refractivity contribution in [2.24, 2.45) is 0 Å². The highest BCUT2D eigenvalue weighted by atomic mass is 32.2. The van der Waals surface area contributed by atoms with Crippen molar-refractivity contribution in [2.45, 2.75) is 31.3 Å². The Morgan fingerprint density at radius 1 is 1.30 bits per heavy atom. The first-order valence-electron chi connectivity index (χ1n) is 6.52. The van der Waals surface area contributed by atoms with Gasteiger partial charge in [0.2, 0.25) is 10.0 Å². The van der Waals surface area contributed by atoms with Crippen LogP contribution in [-0.2, 0) is 16.6 Å². The molecule has 0 spiro atoms. The molecule has 0 saturated carbocycles. The monoisotopic (exact) mass is 312 g/mol. The van der Waals surface area contributed by atoms with E-state index in [0.717, 1.165) is 15.0 Å². The molecule has 0 aliphatic carbocycles. The maximum absolute atomic E-state index is 12.8. The van der Waals surface area contributed by atoms with Gasteiger partial charge in [-0.2, -0.15) is 4.31 Å². The lowest BCUT2D eigenvalue weighted by atomic mass is 10.2. The minimum Gasteiger partial charge on any atom is -0.315 e. The van der Waals surface area contributed by atoms with Crippen LogP contribution < -0.4 is 5.32 Å². The van der Waals surface area contributed by atoms with Crippen LogP contribution in [0, 0.1) is 0 Å². The van der Waals surface area contributed by atoms with Crippen LogP contribution in [-0.4, -0.2) is 32.9 Å². The summed E-state index contributed by atoms with van der Waals surface area (Å²) in [6, 6.07) is 7.60. The summed E-state index contributed by atoms with van der Waals surface area (Å²) in [5.41, 5.74) is 0. The molecule has 0 saturated heterocycles. The number of benzene rings is 1. The Morgan fingerprint density at radius 3 is 2.55 bits per heavy atom. The van der Waals surface area contributed by atoms with Crippen LogP contribution >= 0.6 is 11.3 Å². The van der Waals surface area contributed by atoms with E-state index in [1.54, 1.807) is 7.05 Å². The number of nitrogens with one attached hydrogen (secondary N) is 1. The van der Waals surface area contributed by atoms with Gasteiger partial charge in [0.15, 0.2) is 0 Å². The van der Waals surface area contributed by atoms with E-state index < -0.39 is 10.0 Å². The molecule has 110 valence electrons. The standard InChI is InChI=1S/C14H20N2O2S2/c1-10(2)16(4)20(17,18)14-11-7-5-6-8-12(11)19-13(14)9-15-3/h5-8,10,15H,9H2,1-4H3. The van der Waals surface area contributed by atoms with Crippen LogP contribution in [0.4, 0.5) is 0 Å². The molecule has 1 N–H and O–H groups in total. The number of nitrogens with zero attached hydrogens (tertiary/aromatic N) is 1. The Labute approximate surface area is 124 Å². The molecule has 0 bridgehead atoms. The SMILES string of the molecule is CNCc1sc2ccccc2c1S(=O)(=O)N(C)C(C)C. The van der Waals surface area contributed by atoms with Crippen LogP contribution in [0.1, 0.15) is 18.7 Å². The first-order chi connectivity index (χ1) is 9.39. The van der Waals surface area contributed by atoms with E-state index in [-0.39, 0.29) is 6.04 Å². The van der Waals surface area contributed by atoms with Crippen molar-refractivity contribution < 1.29 is 8.42 Å². The van der Waals surface area contributed by atoms with Crippen molar-refractivity contribution in [2.75, 3.05) is 14.1 Å². The van der Waals surface area contributed by atoms with E-state index in [1.807, 2.05) is 45.2 Å². The molecule has 2 aromatic rings. The molecular weight excluding hydrogens is 292 g/mol. The van der Waals surface area contributed by atoms with Gasteiger partial charge in [0, 0.05) is 34.6 Å². The van der Waals surface area contributed by atoms with Crippen LogP contribution in [0.2, 0.25) is 0 Å². The van der Waals surface area contributed by atoms with E-state index in [0.29, 0.717) is 11.4 Å². The summed E-state index contributed by atoms with van der Waals surface area (Å²) in [4.78, 5) is 1.31. The Hall–Kier alpha value is -0.950. The zero-order valence-electron chi connectivity index (χ0n) is 12.2. The van der Waals surface area contributed by atoms with Crippen molar-refractivity contribution >= 4 is 31.4 Å². The summed E-state index contributed by atoms with van der Waals surface area (Å²) in [5, 5.41) is 3.87. The van der Waals surface area contributed by atoms with E-state index in [2.05, 4.69) is 5.32 Å². The third-order valence-electron chi connectivity index (χ3n) is 3.32. The zero-order chi connectivity index (χ0) is 14.9. The molecule has 1 heterocycles. The average Bonchev–Trinajstić information content (AvgIpc) is 2.76. The van der Waals surface area contributed by atoms with E-state index >= 15 is 0 Å². The van der Waals surface area contributed by atoms with Gasteiger partial charge in [-0.25, -0.2) is 8.42 Å². The number of fused-ring (bicyclic) bond motifs is 1. The minimum absolute atomic E-state index is 0.0684. The van der Waals surface area contributed by atoms with Gasteiger partial charge in [0.25, 0.3) is 0 Å². The minimum atomic E-state index is -3.47. The van der Waals surface area contributed by atoms with Gasteiger partial charge in [-0.15, -0.1) is 11.3 Å². The van der Waals surface area contributed by atoms with E-state index in [4.69, 9.17) is 0 Å². The molecule has 0 unspecified atom stereocenters. The van der Waals surface area contributed by atoms with Gasteiger partial charge in [0.05, 0.1) is 0 Å². The number of sulfonamides is 1. The fourth-order valence-corrected chi connectivity index (χ4v) is 5.33. The number of rotatable bonds is 5. The highest BCUT2D eigenvalue weighted by Crippen LogP contribution is 2.36. The maximum atomic E-state index is 12.8. The number of thiophene rings is 1. The molecule has 0 amide bonds. The summed E-state index contributed by atoms with van der Waals surface area (Å²) in [6.07, 6.45) is 0. The Bertz CT molecular complexity index is 705. The first-order valence-corrected chi connectivity index (χ1v) is 8.78. The molecule has 20 heavy (non-hydrogen) atoms. The Morgan fingerprint density at radius 2 is 1.95 bits per heavy atom. The average molecular weight is 312 g/mol. The molecule has 2 rings (SSSR count). The van der Waals surface area contributed by atoms with Crippen LogP contribution in [0.25, 0.3) is 10.1 Å². The van der Waals surface area contributed by atoms with Crippen molar-refractivity contribution in [1.29, 1.82) is 0 Å². The van der Waals surface area contributed by atoms with E-state index in [1.165, 1.54) is 15.6 Å². The summed E-state index contributed by atoms with van der Waals surface area (Å²) < 4.78 is 28.1. The van der Waals surface area contributed by atoms with Crippen LogP contribution in [0.5, 0.6) is 0 Å². The molecule has 4 nitrogen and oxygen atoms in total. The van der Waals surface area contributed by atoms with Crippen molar-refractivity contribution in [3.8, 4) is 0 Å². The number of hydrogen-bond donors (Lipinski definition) is 1. The van der Waals surface area contributed by atoms with Gasteiger partial charge in [-0.05, 0) is 27.0 Å². The summed E-state index contributed by atoms with van der Waals surface area (Å²) >= 11 is 1.54. The molecule has 1 aromatic heterocycles. The number of hydrogen-bond acceptors (Lipinski definition) is 4. The fraction of sp³-hybridized carbons (Fsp3) is 0.429. The highest BCUT2D eigenvalue weighted by molar-refractivity contribution is 7.89.